The van der Waals surface area contributed by atoms with Gasteiger partial charge in [0.15, 0.2) is 22.8 Å². The Kier molecular flexibility index (Phi) is 6.68. The van der Waals surface area contributed by atoms with Crippen molar-refractivity contribution in [1.29, 1.82) is 0 Å². The summed E-state index contributed by atoms with van der Waals surface area (Å²) in [5.41, 5.74) is -0.480. The molecular weight excluding hydrogens is 584 g/mol. The number of ether oxygens (including phenoxy) is 4. The van der Waals surface area contributed by atoms with Crippen LogP contribution in [0.5, 0.6) is 17.2 Å². The third-order valence-corrected chi connectivity index (χ3v) is 11.6. The van der Waals surface area contributed by atoms with Crippen LogP contribution in [0.15, 0.2) is 47.6 Å². The van der Waals surface area contributed by atoms with E-state index in [1.54, 1.807) is 25.2 Å². The second-order valence-corrected chi connectivity index (χ2v) is 15.4. The molecule has 1 spiro atoms. The van der Waals surface area contributed by atoms with E-state index in [4.69, 9.17) is 18.9 Å². The normalized spacial score (nSPS) is 36.5. The minimum atomic E-state index is -1.64. The van der Waals surface area contributed by atoms with Gasteiger partial charge in [-0.1, -0.05) is 29.9 Å². The summed E-state index contributed by atoms with van der Waals surface area (Å²) >= 11 is 0. The van der Waals surface area contributed by atoms with Gasteiger partial charge in [-0.15, -0.1) is 0 Å². The van der Waals surface area contributed by atoms with E-state index in [2.05, 4.69) is 19.6 Å². The van der Waals surface area contributed by atoms with Gasteiger partial charge in [-0.2, -0.15) is 0 Å². The Morgan fingerprint density at radius 3 is 2.59 bits per heavy atom. The maximum Gasteiger partial charge on any atom is 0.293 e. The number of carbonyl (C=O) groups excluding carboxylic acids is 3. The molecule has 8 rings (SSSR count). The average molecular weight is 629 g/mol. The Morgan fingerprint density at radius 1 is 1.17 bits per heavy atom. The number of phenols is 1. The van der Waals surface area contributed by atoms with Gasteiger partial charge in [-0.05, 0) is 98.6 Å². The van der Waals surface area contributed by atoms with Gasteiger partial charge >= 0.3 is 0 Å². The first-order chi connectivity index (χ1) is 21.6. The van der Waals surface area contributed by atoms with E-state index in [0.717, 1.165) is 24.0 Å². The molecule has 8 heteroatoms. The largest absolute Gasteiger partial charge is 0.507 e. The predicted octanol–water partition coefficient (Wildman–Crippen LogP) is 6.64. The van der Waals surface area contributed by atoms with E-state index >= 15 is 0 Å². The highest BCUT2D eigenvalue weighted by Gasteiger charge is 2.81. The van der Waals surface area contributed by atoms with Gasteiger partial charge in [0.05, 0.1) is 5.60 Å². The van der Waals surface area contributed by atoms with E-state index in [9.17, 15) is 19.5 Å². The molecule has 1 saturated heterocycles. The summed E-state index contributed by atoms with van der Waals surface area (Å²) < 4.78 is 25.9. The number of Topliss-reactive ketones (excluding diaryl/α,β-unsaturated/α-hetero) is 2. The van der Waals surface area contributed by atoms with Gasteiger partial charge in [0.2, 0.25) is 0 Å². The van der Waals surface area contributed by atoms with Crippen molar-refractivity contribution in [2.75, 3.05) is 0 Å². The number of hydrogen-bond acceptors (Lipinski definition) is 8. The van der Waals surface area contributed by atoms with E-state index in [1.165, 1.54) is 0 Å². The van der Waals surface area contributed by atoms with Crippen LogP contribution in [-0.4, -0.2) is 51.7 Å². The van der Waals surface area contributed by atoms with E-state index in [1.807, 2.05) is 34.6 Å². The monoisotopic (exact) mass is 628 g/mol. The average Bonchev–Trinajstić information content (AvgIpc) is 3.12. The Bertz CT molecular complexity index is 1690. The molecule has 46 heavy (non-hydrogen) atoms. The van der Waals surface area contributed by atoms with Crippen molar-refractivity contribution in [3.63, 3.8) is 0 Å². The lowest BCUT2D eigenvalue weighted by molar-refractivity contribution is -0.160. The summed E-state index contributed by atoms with van der Waals surface area (Å²) in [5, 5.41) is 12.2. The zero-order valence-corrected chi connectivity index (χ0v) is 27.8. The van der Waals surface area contributed by atoms with Crippen molar-refractivity contribution in [1.82, 2.24) is 0 Å². The molecule has 7 aliphatic rings. The van der Waals surface area contributed by atoms with Crippen molar-refractivity contribution in [3.05, 3.63) is 64.3 Å². The Morgan fingerprint density at radius 2 is 1.91 bits per heavy atom. The SMILES string of the molecule is C=C(C)C1CC[C@]2(C)C[C@H]1c1c(O)c3c(c(CC=C(C)C)c1O2)O[C@]12C(=CC4CC1C(C)(C)OC2(/C=C/C(C)OC=O)C4=O)C3=O. The quantitative estimate of drug-likeness (QED) is 0.265. The highest BCUT2D eigenvalue weighted by molar-refractivity contribution is 6.19. The number of allylic oxidation sites excluding steroid dienone is 4. The van der Waals surface area contributed by atoms with Crippen molar-refractivity contribution in [2.24, 2.45) is 17.8 Å². The second-order valence-electron chi connectivity index (χ2n) is 15.4. The number of aromatic hydroxyl groups is 1. The second kappa shape index (κ2) is 9.93. The van der Waals surface area contributed by atoms with Crippen LogP contribution >= 0.6 is 0 Å². The van der Waals surface area contributed by atoms with Crippen LogP contribution in [0.2, 0.25) is 0 Å². The maximum absolute atomic E-state index is 15.0. The van der Waals surface area contributed by atoms with Crippen molar-refractivity contribution >= 4 is 18.0 Å². The fraction of sp³-hybridized carbons (Fsp3) is 0.553. The highest BCUT2D eigenvalue weighted by Crippen LogP contribution is 2.69. The molecule has 4 aliphatic carbocycles. The Balaban J connectivity index is 1.52. The van der Waals surface area contributed by atoms with E-state index in [0.29, 0.717) is 48.2 Å². The lowest BCUT2D eigenvalue weighted by Crippen LogP contribution is -2.71. The summed E-state index contributed by atoms with van der Waals surface area (Å²) in [5.74, 6) is -0.685. The lowest BCUT2D eigenvalue weighted by Gasteiger charge is -2.56. The molecule has 8 nitrogen and oxygen atoms in total. The molecule has 1 aromatic carbocycles. The first kappa shape index (κ1) is 31.0. The van der Waals surface area contributed by atoms with Crippen LogP contribution in [0.4, 0.5) is 0 Å². The molecule has 244 valence electrons. The van der Waals surface area contributed by atoms with Gasteiger partial charge in [0, 0.05) is 34.5 Å². The fourth-order valence-electron chi connectivity index (χ4n) is 9.52. The number of fused-ring (bicyclic) bond motifs is 5. The van der Waals surface area contributed by atoms with Gasteiger partial charge in [-0.25, -0.2) is 0 Å². The number of rotatable bonds is 7. The third-order valence-electron chi connectivity index (χ3n) is 11.6. The number of ketones is 2. The number of phenolic OH excluding ortho intramolecular Hbond substituents is 1. The van der Waals surface area contributed by atoms with Crippen LogP contribution in [0.1, 0.15) is 102 Å². The number of carbonyl (C=O) groups is 3. The maximum atomic E-state index is 15.0. The predicted molar refractivity (Wildman–Crippen MR) is 171 cm³/mol. The fourth-order valence-corrected chi connectivity index (χ4v) is 9.52. The van der Waals surface area contributed by atoms with Crippen molar-refractivity contribution in [2.45, 2.75) is 115 Å². The summed E-state index contributed by atoms with van der Waals surface area (Å²) in [6.07, 6.45) is 9.74. The first-order valence-electron chi connectivity index (χ1n) is 16.5. The number of benzene rings is 1. The van der Waals surface area contributed by atoms with Gasteiger partial charge in [0.1, 0.15) is 34.5 Å². The Hall–Kier alpha value is -3.65. The van der Waals surface area contributed by atoms with Crippen molar-refractivity contribution in [3.8, 4) is 17.2 Å². The smallest absolute Gasteiger partial charge is 0.293 e. The molecule has 3 aliphatic heterocycles. The van der Waals surface area contributed by atoms with Crippen LogP contribution in [0.3, 0.4) is 0 Å². The highest BCUT2D eigenvalue weighted by atomic mass is 16.6. The molecule has 2 saturated carbocycles. The van der Waals surface area contributed by atoms with Crippen molar-refractivity contribution < 1.29 is 38.4 Å². The molecule has 6 bridgehead atoms. The van der Waals surface area contributed by atoms with Gasteiger partial charge in [-0.3, -0.25) is 14.4 Å². The zero-order valence-electron chi connectivity index (χ0n) is 27.8. The molecule has 1 N–H and O–H groups in total. The third kappa shape index (κ3) is 3.91. The molecule has 0 amide bonds. The summed E-state index contributed by atoms with van der Waals surface area (Å²) in [7, 11) is 0. The summed E-state index contributed by atoms with van der Waals surface area (Å²) in [6.45, 7) is 18.4. The van der Waals surface area contributed by atoms with Crippen LogP contribution in [0.25, 0.3) is 0 Å². The number of hydrogen-bond donors (Lipinski definition) is 1. The minimum absolute atomic E-state index is 0.0650. The van der Waals surface area contributed by atoms with Crippen LogP contribution in [0, 0.1) is 17.8 Å². The molecule has 0 aromatic heterocycles. The van der Waals surface area contributed by atoms with Gasteiger partial charge < -0.3 is 24.1 Å². The molecular formula is C38H44O8. The standard InChI is InChI=1S/C38H44O8/c1-19(2)9-10-24-32-28(25-17-36(8,44-32)13-12-23(25)20(3)4)31(41)29-30(40)26-15-22-16-27-35(6,7)46-37(34(22)42,14-11-21(5)43-18-39)38(26,27)45-33(24)29/h9,11,14-15,18,21-23,25,27,41H,3,10,12-13,16-17H2,1-2,4-8H3/b14-11+/t21?,22?,23?,25-,27?,36-,37?,38-/m1/s1. The van der Waals surface area contributed by atoms with E-state index < -0.39 is 34.4 Å². The summed E-state index contributed by atoms with van der Waals surface area (Å²) in [6, 6.07) is 0. The molecule has 0 radical (unpaired) electrons. The van der Waals surface area contributed by atoms with Crippen LogP contribution in [-0.2, 0) is 25.5 Å². The molecule has 8 atom stereocenters. The topological polar surface area (TPSA) is 108 Å². The van der Waals surface area contributed by atoms with Crippen LogP contribution < -0.4 is 9.47 Å². The Labute approximate surface area is 270 Å². The molecule has 5 unspecified atom stereocenters. The zero-order chi connectivity index (χ0) is 33.1. The van der Waals surface area contributed by atoms with Gasteiger partial charge in [0.25, 0.3) is 6.47 Å². The van der Waals surface area contributed by atoms with E-state index in [-0.39, 0.29) is 46.4 Å². The molecule has 3 fully saturated rings. The molecule has 3 heterocycles. The first-order valence-corrected chi connectivity index (χ1v) is 16.5. The minimum Gasteiger partial charge on any atom is -0.507 e. The lowest BCUT2D eigenvalue weighted by atomic mass is 9.51. The molecule has 1 aromatic rings. The summed E-state index contributed by atoms with van der Waals surface area (Å²) in [4.78, 5) is 40.4.